The lowest BCUT2D eigenvalue weighted by atomic mass is 10.1. The van der Waals surface area contributed by atoms with Gasteiger partial charge in [0, 0.05) is 66.2 Å². The van der Waals surface area contributed by atoms with Gasteiger partial charge in [-0.05, 0) is 47.5 Å². The van der Waals surface area contributed by atoms with Crippen molar-refractivity contribution in [1.82, 2.24) is 19.9 Å². The lowest BCUT2D eigenvalue weighted by molar-refractivity contribution is 0.413. The molecule has 0 aliphatic heterocycles. The Morgan fingerprint density at radius 2 is 1.92 bits per heavy atom. The number of nitrogens with zero attached hydrogens (tertiary/aromatic N) is 5. The number of benzene rings is 2. The number of rotatable bonds is 8. The first kappa shape index (κ1) is 26.4. The Bertz CT molecular complexity index is 1510. The first-order chi connectivity index (χ1) is 17.9. The maximum atomic E-state index is 14.8. The molecule has 190 valence electrons. The first-order valence-electron chi connectivity index (χ1n) is 11.1. The predicted octanol–water partition coefficient (Wildman–Crippen LogP) is 5.18. The van der Waals surface area contributed by atoms with Gasteiger partial charge >= 0.3 is 0 Å². The Hall–Kier alpha value is -3.69. The highest BCUT2D eigenvalue weighted by molar-refractivity contribution is 9.10. The van der Waals surface area contributed by atoms with Gasteiger partial charge in [0.15, 0.2) is 0 Å². The van der Waals surface area contributed by atoms with Crippen molar-refractivity contribution in [2.45, 2.75) is 0 Å². The molecule has 4 N–H and O–H groups in total. The van der Waals surface area contributed by atoms with E-state index in [1.54, 1.807) is 31.7 Å². The molecule has 0 fully saturated rings. The van der Waals surface area contributed by atoms with Gasteiger partial charge < -0.3 is 21.1 Å². The molecule has 0 radical (unpaired) electrons. The number of fused-ring (bicyclic) bond motifs is 1. The van der Waals surface area contributed by atoms with E-state index < -0.39 is 13.7 Å². The predicted molar refractivity (Wildman–Crippen MR) is 154 cm³/mol. The van der Waals surface area contributed by atoms with Crippen molar-refractivity contribution in [2.75, 3.05) is 38.1 Å². The highest BCUT2D eigenvalue weighted by Gasteiger charge is 2.17. The molecule has 9 nitrogen and oxygen atoms in total. The first-order valence-corrected chi connectivity index (χ1v) is 14.1. The summed E-state index contributed by atoms with van der Waals surface area (Å²) >= 11 is 3.53. The molecule has 0 aliphatic rings. The van der Waals surface area contributed by atoms with Crippen LogP contribution in [0.15, 0.2) is 58.5 Å². The molecule has 4 rings (SSSR count). The minimum absolute atomic E-state index is 0.257. The molecule has 4 aromatic rings. The van der Waals surface area contributed by atoms with Crippen LogP contribution in [-0.2, 0) is 0 Å². The van der Waals surface area contributed by atoms with Crippen molar-refractivity contribution in [3.05, 3.63) is 64.9 Å². The zero-order valence-corrected chi connectivity index (χ0v) is 23.1. The molecule has 0 aliphatic carbocycles. The van der Waals surface area contributed by atoms with Crippen molar-refractivity contribution in [3.63, 3.8) is 0 Å². The summed E-state index contributed by atoms with van der Waals surface area (Å²) < 4.78 is 20.8. The second-order valence-corrected chi connectivity index (χ2v) is 11.1. The molecular weight excluding hydrogens is 558 g/mol. The molecule has 0 bridgehead atoms. The van der Waals surface area contributed by atoms with Crippen LogP contribution in [0.25, 0.3) is 16.6 Å². The fourth-order valence-corrected chi connectivity index (χ4v) is 5.22. The van der Waals surface area contributed by atoms with E-state index in [-0.39, 0.29) is 17.3 Å². The Morgan fingerprint density at radius 1 is 1.14 bits per heavy atom. The van der Waals surface area contributed by atoms with E-state index in [4.69, 9.17) is 10.5 Å². The van der Waals surface area contributed by atoms with Crippen molar-refractivity contribution in [3.8, 4) is 5.75 Å². The van der Waals surface area contributed by atoms with Gasteiger partial charge in [-0.2, -0.15) is 4.98 Å². The van der Waals surface area contributed by atoms with Gasteiger partial charge in [0.05, 0.1) is 28.3 Å². The largest absolute Gasteiger partial charge is 0.494 e. The molecule has 0 unspecified atom stereocenters. The number of hydrogen-bond acceptors (Lipinski definition) is 9. The molecule has 0 atom stereocenters. The van der Waals surface area contributed by atoms with Gasteiger partial charge in [0.25, 0.3) is 0 Å². The second-order valence-electron chi connectivity index (χ2n) is 7.96. The van der Waals surface area contributed by atoms with Crippen molar-refractivity contribution in [1.29, 1.82) is 0 Å². The van der Waals surface area contributed by atoms with Crippen LogP contribution in [0.2, 0.25) is 0 Å². The molecule has 2 heterocycles. The molecule has 0 saturated heterocycles. The van der Waals surface area contributed by atoms with Crippen LogP contribution in [0.1, 0.15) is 5.56 Å². The number of nitrogens with one attached hydrogen (secondary N) is 2. The Kier molecular flexibility index (Phi) is 8.25. The molecule has 0 saturated carbocycles. The lowest BCUT2D eigenvalue weighted by Crippen LogP contribution is -2.12. The molecule has 2 aromatic heterocycles. The SMILES string of the molecule is CN=CC(=CN)c1cc(Nc2ncc(Br)c(Nc3ccc4nccnc4c3P(C)C)n2)c(OC)cc1F. The molecule has 0 amide bonds. The zero-order chi connectivity index (χ0) is 26.5. The molecule has 0 spiro atoms. The fraction of sp³-hybridized carbons (Fsp3) is 0.160. The number of methoxy groups -OCH3 is 1. The van der Waals surface area contributed by atoms with E-state index in [1.165, 1.54) is 25.6 Å². The summed E-state index contributed by atoms with van der Waals surface area (Å²) in [6.07, 6.45) is 7.78. The van der Waals surface area contributed by atoms with Gasteiger partial charge in [-0.15, -0.1) is 0 Å². The van der Waals surface area contributed by atoms with Gasteiger partial charge in [-0.1, -0.05) is 7.92 Å². The third-order valence-corrected chi connectivity index (χ3v) is 7.28. The van der Waals surface area contributed by atoms with Crippen LogP contribution >= 0.6 is 23.9 Å². The third-order valence-electron chi connectivity index (χ3n) is 5.35. The zero-order valence-electron chi connectivity index (χ0n) is 20.6. The topological polar surface area (TPSA) is 123 Å². The van der Waals surface area contributed by atoms with Gasteiger partial charge in [-0.25, -0.2) is 9.37 Å². The summed E-state index contributed by atoms with van der Waals surface area (Å²) in [7, 11) is 2.53. The summed E-state index contributed by atoms with van der Waals surface area (Å²) in [6.45, 7) is 4.33. The minimum atomic E-state index is -0.512. The van der Waals surface area contributed by atoms with E-state index in [1.807, 2.05) is 12.1 Å². The van der Waals surface area contributed by atoms with Gasteiger partial charge in [0.2, 0.25) is 5.95 Å². The van der Waals surface area contributed by atoms with Crippen LogP contribution in [0.5, 0.6) is 5.75 Å². The van der Waals surface area contributed by atoms with Crippen LogP contribution in [0, 0.1) is 5.82 Å². The minimum Gasteiger partial charge on any atom is -0.494 e. The second kappa shape index (κ2) is 11.6. The van der Waals surface area contributed by atoms with Crippen molar-refractivity contribution in [2.24, 2.45) is 10.7 Å². The van der Waals surface area contributed by atoms with Gasteiger partial charge in [0.1, 0.15) is 17.4 Å². The summed E-state index contributed by atoms with van der Waals surface area (Å²) in [6, 6.07) is 6.75. The summed E-state index contributed by atoms with van der Waals surface area (Å²) in [5, 5.41) is 7.62. The quantitative estimate of drug-likeness (QED) is 0.192. The van der Waals surface area contributed by atoms with E-state index in [0.29, 0.717) is 21.6 Å². The summed E-state index contributed by atoms with van der Waals surface area (Å²) in [5.74, 6) is 0.605. The van der Waals surface area contributed by atoms with E-state index in [0.717, 1.165) is 22.0 Å². The maximum absolute atomic E-state index is 14.8. The smallest absolute Gasteiger partial charge is 0.229 e. The average molecular weight is 583 g/mol. The standard InChI is InChI=1S/C25H25BrFN8OP/c1-29-12-14(11-28)15-9-20(21(36-2)10-17(15)27)34-25-32-13-16(26)24(35-25)33-19-6-5-18-22(23(19)37(3)4)31-8-7-30-18/h5-13H,28H2,1-4H3,(H2,32,33,34,35). The highest BCUT2D eigenvalue weighted by Crippen LogP contribution is 2.35. The summed E-state index contributed by atoms with van der Waals surface area (Å²) in [5.41, 5.74) is 9.41. The van der Waals surface area contributed by atoms with E-state index >= 15 is 0 Å². The number of hydrogen-bond donors (Lipinski definition) is 3. The number of ether oxygens (including phenoxy) is 1. The number of aliphatic imine (C=N–C) groups is 1. The monoisotopic (exact) mass is 582 g/mol. The Labute approximate surface area is 223 Å². The highest BCUT2D eigenvalue weighted by atomic mass is 79.9. The Balaban J connectivity index is 1.72. The number of halogens is 2. The maximum Gasteiger partial charge on any atom is 0.229 e. The molecule has 2 aromatic carbocycles. The number of allylic oxidation sites excluding steroid dienone is 1. The molecular formula is C25H25BrFN8OP. The van der Waals surface area contributed by atoms with Crippen LogP contribution in [-0.4, -0.2) is 53.6 Å². The van der Waals surface area contributed by atoms with Crippen LogP contribution in [0.3, 0.4) is 0 Å². The van der Waals surface area contributed by atoms with Crippen LogP contribution in [0.4, 0.5) is 27.5 Å². The fourth-order valence-electron chi connectivity index (χ4n) is 3.72. The lowest BCUT2D eigenvalue weighted by Gasteiger charge is -2.18. The number of anilines is 4. The van der Waals surface area contributed by atoms with Gasteiger partial charge in [-0.3, -0.25) is 15.0 Å². The molecule has 12 heteroatoms. The number of nitrogens with two attached hydrogens (primary N) is 1. The van der Waals surface area contributed by atoms with Crippen molar-refractivity contribution < 1.29 is 9.13 Å². The van der Waals surface area contributed by atoms with Crippen molar-refractivity contribution >= 4 is 75.1 Å². The number of aromatic nitrogens is 4. The van der Waals surface area contributed by atoms with Crippen LogP contribution < -0.4 is 26.4 Å². The average Bonchev–Trinajstić information content (AvgIpc) is 2.89. The Morgan fingerprint density at radius 3 is 2.62 bits per heavy atom. The summed E-state index contributed by atoms with van der Waals surface area (Å²) in [4.78, 5) is 21.9. The third kappa shape index (κ3) is 5.68. The van der Waals surface area contributed by atoms with E-state index in [9.17, 15) is 4.39 Å². The van der Waals surface area contributed by atoms with E-state index in [2.05, 4.69) is 64.8 Å². The molecule has 37 heavy (non-hydrogen) atoms. The normalized spacial score (nSPS) is 11.9.